The average molecular weight is 367 g/mol. The molecule has 1 aliphatic heterocycles. The van der Waals surface area contributed by atoms with E-state index in [1.165, 1.54) is 11.3 Å². The number of guanidine groups is 1. The van der Waals surface area contributed by atoms with Crippen LogP contribution in [0.15, 0.2) is 53.7 Å². The normalized spacial score (nSPS) is 15.0. The van der Waals surface area contributed by atoms with E-state index in [2.05, 4.69) is 76.4 Å². The van der Waals surface area contributed by atoms with Crippen LogP contribution >= 0.6 is 0 Å². The summed E-state index contributed by atoms with van der Waals surface area (Å²) in [6, 6.07) is 14.6. The van der Waals surface area contributed by atoms with E-state index in [9.17, 15) is 0 Å². The fraction of sp³-hybridized carbons (Fsp3) is 0.429. The molecule has 6 nitrogen and oxygen atoms in total. The summed E-state index contributed by atoms with van der Waals surface area (Å²) in [5.74, 6) is 2.05. The first-order valence-electron chi connectivity index (χ1n) is 9.63. The van der Waals surface area contributed by atoms with Gasteiger partial charge < -0.3 is 20.0 Å². The third-order valence-electron chi connectivity index (χ3n) is 4.73. The van der Waals surface area contributed by atoms with Crippen molar-refractivity contribution in [3.05, 3.63) is 54.2 Å². The molecule has 0 amide bonds. The number of pyridine rings is 1. The Morgan fingerprint density at radius 2 is 1.93 bits per heavy atom. The molecule has 1 N–H and O–H groups in total. The number of aliphatic imine (C=N–C) groups is 1. The molecule has 2 heterocycles. The van der Waals surface area contributed by atoms with Crippen LogP contribution in [-0.2, 0) is 6.54 Å². The Kier molecular flexibility index (Phi) is 6.52. The predicted molar refractivity (Wildman–Crippen MR) is 114 cm³/mol. The fourth-order valence-corrected chi connectivity index (χ4v) is 3.21. The number of nitrogens with zero attached hydrogens (tertiary/aromatic N) is 5. The Bertz CT molecular complexity index is 735. The summed E-state index contributed by atoms with van der Waals surface area (Å²) in [5.41, 5.74) is 2.43. The van der Waals surface area contributed by atoms with Gasteiger partial charge in [0.05, 0.1) is 6.54 Å². The van der Waals surface area contributed by atoms with Gasteiger partial charge in [-0.2, -0.15) is 0 Å². The highest BCUT2D eigenvalue weighted by Gasteiger charge is 2.20. The predicted octanol–water partition coefficient (Wildman–Crippen LogP) is 2.44. The third-order valence-corrected chi connectivity index (χ3v) is 4.73. The molecule has 1 aromatic carbocycles. The lowest BCUT2D eigenvalue weighted by atomic mass is 10.2. The van der Waals surface area contributed by atoms with Gasteiger partial charge in [0.1, 0.15) is 5.82 Å². The maximum Gasteiger partial charge on any atom is 0.194 e. The van der Waals surface area contributed by atoms with Crippen LogP contribution in [0, 0.1) is 0 Å². The number of hydrogen-bond acceptors (Lipinski definition) is 4. The van der Waals surface area contributed by atoms with Crippen LogP contribution in [0.2, 0.25) is 0 Å². The third kappa shape index (κ3) is 5.12. The summed E-state index contributed by atoms with van der Waals surface area (Å²) in [5, 5.41) is 3.45. The molecule has 0 saturated carbocycles. The Balaban J connectivity index is 1.63. The van der Waals surface area contributed by atoms with Crippen LogP contribution in [-0.4, -0.2) is 62.7 Å². The molecule has 0 unspecified atom stereocenters. The largest absolute Gasteiger partial charge is 0.378 e. The second-order valence-corrected chi connectivity index (χ2v) is 6.90. The van der Waals surface area contributed by atoms with Crippen LogP contribution in [0.3, 0.4) is 0 Å². The van der Waals surface area contributed by atoms with Crippen LogP contribution in [0.1, 0.15) is 12.5 Å². The molecule has 0 spiro atoms. The van der Waals surface area contributed by atoms with E-state index in [0.29, 0.717) is 6.54 Å². The fourth-order valence-electron chi connectivity index (χ4n) is 3.21. The van der Waals surface area contributed by atoms with E-state index in [4.69, 9.17) is 4.99 Å². The van der Waals surface area contributed by atoms with Gasteiger partial charge in [0, 0.05) is 58.7 Å². The minimum atomic E-state index is 0.685. The SMILES string of the molecule is CCNC(=NCc1cccc(N(C)C)c1)N1CCN(c2ccccn2)CC1. The van der Waals surface area contributed by atoms with Crippen molar-refractivity contribution >= 4 is 17.5 Å². The van der Waals surface area contributed by atoms with Gasteiger partial charge in [-0.05, 0) is 36.8 Å². The first-order chi connectivity index (χ1) is 13.2. The second kappa shape index (κ2) is 9.26. The number of anilines is 2. The number of nitrogens with one attached hydrogen (secondary N) is 1. The highest BCUT2D eigenvalue weighted by molar-refractivity contribution is 5.80. The van der Waals surface area contributed by atoms with Gasteiger partial charge in [-0.3, -0.25) is 0 Å². The number of aromatic nitrogens is 1. The van der Waals surface area contributed by atoms with Gasteiger partial charge in [-0.25, -0.2) is 9.98 Å². The van der Waals surface area contributed by atoms with Gasteiger partial charge in [0.15, 0.2) is 5.96 Å². The summed E-state index contributed by atoms with van der Waals surface area (Å²) in [6.45, 7) is 7.48. The van der Waals surface area contributed by atoms with Gasteiger partial charge in [0.25, 0.3) is 0 Å². The number of rotatable bonds is 5. The highest BCUT2D eigenvalue weighted by Crippen LogP contribution is 2.15. The van der Waals surface area contributed by atoms with Crippen molar-refractivity contribution in [1.29, 1.82) is 0 Å². The minimum absolute atomic E-state index is 0.685. The Morgan fingerprint density at radius 3 is 2.59 bits per heavy atom. The lowest BCUT2D eigenvalue weighted by Crippen LogP contribution is -2.52. The molecule has 27 heavy (non-hydrogen) atoms. The summed E-state index contributed by atoms with van der Waals surface area (Å²) in [6.07, 6.45) is 1.86. The molecule has 3 rings (SSSR count). The van der Waals surface area contributed by atoms with Gasteiger partial charge in [-0.15, -0.1) is 0 Å². The molecule has 144 valence electrons. The highest BCUT2D eigenvalue weighted by atomic mass is 15.4. The standard InChI is InChI=1S/C21H30N6/c1-4-22-21(24-17-18-8-7-9-19(16-18)25(2)3)27-14-12-26(13-15-27)20-10-5-6-11-23-20/h5-11,16H,4,12-15,17H2,1-3H3,(H,22,24). The molecular formula is C21H30N6. The van der Waals surface area contributed by atoms with Gasteiger partial charge >= 0.3 is 0 Å². The van der Waals surface area contributed by atoms with E-state index in [-0.39, 0.29) is 0 Å². The zero-order chi connectivity index (χ0) is 19.1. The quantitative estimate of drug-likeness (QED) is 0.651. The van der Waals surface area contributed by atoms with Crippen molar-refractivity contribution in [1.82, 2.24) is 15.2 Å². The lowest BCUT2D eigenvalue weighted by molar-refractivity contribution is 0.371. The molecule has 0 atom stereocenters. The number of hydrogen-bond donors (Lipinski definition) is 1. The summed E-state index contributed by atoms with van der Waals surface area (Å²) >= 11 is 0. The van der Waals surface area contributed by atoms with E-state index in [0.717, 1.165) is 44.5 Å². The van der Waals surface area contributed by atoms with Gasteiger partial charge in [0.2, 0.25) is 0 Å². The maximum absolute atomic E-state index is 4.88. The van der Waals surface area contributed by atoms with Crippen LogP contribution in [0.25, 0.3) is 0 Å². The minimum Gasteiger partial charge on any atom is -0.378 e. The zero-order valence-corrected chi connectivity index (χ0v) is 16.6. The van der Waals surface area contributed by atoms with Crippen molar-refractivity contribution in [3.63, 3.8) is 0 Å². The summed E-state index contributed by atoms with van der Waals surface area (Å²) < 4.78 is 0. The molecule has 0 radical (unpaired) electrons. The van der Waals surface area contributed by atoms with Crippen molar-refractivity contribution in [2.24, 2.45) is 4.99 Å². The molecule has 1 saturated heterocycles. The van der Waals surface area contributed by atoms with Crippen LogP contribution in [0.5, 0.6) is 0 Å². The Labute approximate surface area is 162 Å². The number of piperazine rings is 1. The van der Waals surface area contributed by atoms with E-state index in [1.54, 1.807) is 0 Å². The topological polar surface area (TPSA) is 47.0 Å². The first-order valence-corrected chi connectivity index (χ1v) is 9.63. The average Bonchev–Trinajstić information content (AvgIpc) is 2.72. The van der Waals surface area contributed by atoms with Gasteiger partial charge in [-0.1, -0.05) is 18.2 Å². The van der Waals surface area contributed by atoms with E-state index < -0.39 is 0 Å². The first kappa shape index (κ1) is 19.0. The molecule has 1 aliphatic rings. The van der Waals surface area contributed by atoms with E-state index >= 15 is 0 Å². The van der Waals surface area contributed by atoms with E-state index in [1.807, 2.05) is 18.3 Å². The number of benzene rings is 1. The van der Waals surface area contributed by atoms with Crippen LogP contribution in [0.4, 0.5) is 11.5 Å². The summed E-state index contributed by atoms with van der Waals surface area (Å²) in [4.78, 5) is 16.1. The lowest BCUT2D eigenvalue weighted by Gasteiger charge is -2.37. The maximum atomic E-state index is 4.88. The zero-order valence-electron chi connectivity index (χ0n) is 16.6. The molecular weight excluding hydrogens is 336 g/mol. The Morgan fingerprint density at radius 1 is 1.11 bits per heavy atom. The summed E-state index contributed by atoms with van der Waals surface area (Å²) in [7, 11) is 4.13. The monoisotopic (exact) mass is 366 g/mol. The van der Waals surface area contributed by atoms with Crippen molar-refractivity contribution in [2.45, 2.75) is 13.5 Å². The molecule has 2 aromatic rings. The molecule has 0 bridgehead atoms. The van der Waals surface area contributed by atoms with Crippen molar-refractivity contribution in [3.8, 4) is 0 Å². The Hall–Kier alpha value is -2.76. The second-order valence-electron chi connectivity index (χ2n) is 6.90. The molecule has 6 heteroatoms. The molecule has 1 fully saturated rings. The molecule has 1 aromatic heterocycles. The molecule has 0 aliphatic carbocycles. The van der Waals surface area contributed by atoms with Crippen molar-refractivity contribution < 1.29 is 0 Å². The van der Waals surface area contributed by atoms with Crippen molar-refractivity contribution in [2.75, 3.05) is 56.6 Å². The smallest absolute Gasteiger partial charge is 0.194 e. The van der Waals surface area contributed by atoms with Crippen LogP contribution < -0.4 is 15.1 Å².